The molecule has 6 rings (SSSR count). The SMILES string of the molecule is Cc1cc(-c2nc3ccc(N4CCN(C)CC4)cc3[nH]2)nn1Cc1cc(Cl)ccc1OCc1ccccc1. The van der Waals surface area contributed by atoms with Crippen LogP contribution < -0.4 is 9.64 Å². The minimum atomic E-state index is 0.494. The summed E-state index contributed by atoms with van der Waals surface area (Å²) in [6.45, 7) is 7.32. The summed E-state index contributed by atoms with van der Waals surface area (Å²) < 4.78 is 8.14. The number of aromatic amines is 1. The molecule has 0 saturated carbocycles. The lowest BCUT2D eigenvalue weighted by molar-refractivity contribution is 0.302. The van der Waals surface area contributed by atoms with Crippen molar-refractivity contribution in [1.82, 2.24) is 24.6 Å². The van der Waals surface area contributed by atoms with Crippen LogP contribution in [0.25, 0.3) is 22.6 Å². The van der Waals surface area contributed by atoms with Gasteiger partial charge >= 0.3 is 0 Å². The number of fused-ring (bicyclic) bond motifs is 1. The third-order valence-electron chi connectivity index (χ3n) is 7.14. The van der Waals surface area contributed by atoms with Crippen LogP contribution in [0.1, 0.15) is 16.8 Å². The van der Waals surface area contributed by atoms with Gasteiger partial charge in [0.05, 0.1) is 17.6 Å². The molecule has 1 N–H and O–H groups in total. The van der Waals surface area contributed by atoms with Crippen molar-refractivity contribution in [1.29, 1.82) is 0 Å². The molecule has 8 heteroatoms. The van der Waals surface area contributed by atoms with Gasteiger partial charge < -0.3 is 19.5 Å². The van der Waals surface area contributed by atoms with Gasteiger partial charge in [0.2, 0.25) is 0 Å². The highest BCUT2D eigenvalue weighted by atomic mass is 35.5. The monoisotopic (exact) mass is 526 g/mol. The van der Waals surface area contributed by atoms with Crippen molar-refractivity contribution < 1.29 is 4.74 Å². The lowest BCUT2D eigenvalue weighted by Crippen LogP contribution is -2.44. The molecular weight excluding hydrogens is 496 g/mol. The summed E-state index contributed by atoms with van der Waals surface area (Å²) in [6, 6.07) is 24.4. The molecule has 0 atom stereocenters. The van der Waals surface area contributed by atoms with Gasteiger partial charge in [0, 0.05) is 48.1 Å². The Bertz CT molecular complexity index is 1550. The topological polar surface area (TPSA) is 62.2 Å². The first-order valence-corrected chi connectivity index (χ1v) is 13.3. The van der Waals surface area contributed by atoms with Crippen molar-refractivity contribution in [3.8, 4) is 17.3 Å². The largest absolute Gasteiger partial charge is 0.489 e. The van der Waals surface area contributed by atoms with E-state index in [0.29, 0.717) is 18.2 Å². The second-order valence-corrected chi connectivity index (χ2v) is 10.4. The summed E-state index contributed by atoms with van der Waals surface area (Å²) in [5.74, 6) is 1.57. The maximum Gasteiger partial charge on any atom is 0.159 e. The van der Waals surface area contributed by atoms with Crippen LogP contribution >= 0.6 is 11.6 Å². The van der Waals surface area contributed by atoms with E-state index in [-0.39, 0.29) is 0 Å². The van der Waals surface area contributed by atoms with E-state index in [9.17, 15) is 0 Å². The first-order valence-electron chi connectivity index (χ1n) is 12.9. The van der Waals surface area contributed by atoms with Crippen LogP contribution in [0, 0.1) is 6.92 Å². The molecule has 0 amide bonds. The van der Waals surface area contributed by atoms with Gasteiger partial charge in [-0.15, -0.1) is 0 Å². The molecule has 5 aromatic rings. The number of benzene rings is 3. The molecular formula is C30H31ClN6O. The average Bonchev–Trinajstić information content (AvgIpc) is 3.52. The van der Waals surface area contributed by atoms with E-state index < -0.39 is 0 Å². The third-order valence-corrected chi connectivity index (χ3v) is 7.37. The Morgan fingerprint density at radius 1 is 0.947 bits per heavy atom. The van der Waals surface area contributed by atoms with Crippen LogP contribution in [0.2, 0.25) is 5.02 Å². The highest BCUT2D eigenvalue weighted by Gasteiger charge is 2.17. The quantitative estimate of drug-likeness (QED) is 0.292. The molecule has 0 spiro atoms. The van der Waals surface area contributed by atoms with Gasteiger partial charge in [-0.25, -0.2) is 4.98 Å². The highest BCUT2D eigenvalue weighted by molar-refractivity contribution is 6.30. The number of rotatable bonds is 7. The number of aryl methyl sites for hydroxylation is 1. The summed E-state index contributed by atoms with van der Waals surface area (Å²) in [7, 11) is 2.17. The molecule has 1 saturated heterocycles. The first-order chi connectivity index (χ1) is 18.5. The Balaban J connectivity index is 1.22. The van der Waals surface area contributed by atoms with E-state index in [1.54, 1.807) is 0 Å². The van der Waals surface area contributed by atoms with Gasteiger partial charge in [0.25, 0.3) is 0 Å². The zero-order valence-electron chi connectivity index (χ0n) is 21.7. The lowest BCUT2D eigenvalue weighted by Gasteiger charge is -2.34. The number of nitrogens with zero attached hydrogens (tertiary/aromatic N) is 5. The molecule has 0 unspecified atom stereocenters. The summed E-state index contributed by atoms with van der Waals surface area (Å²) in [4.78, 5) is 13.1. The second-order valence-electron chi connectivity index (χ2n) is 9.93. The van der Waals surface area contributed by atoms with Crippen LogP contribution in [0.3, 0.4) is 0 Å². The van der Waals surface area contributed by atoms with Crippen molar-refractivity contribution in [3.63, 3.8) is 0 Å². The van der Waals surface area contributed by atoms with E-state index in [1.165, 1.54) is 5.69 Å². The summed E-state index contributed by atoms with van der Waals surface area (Å²) in [5, 5.41) is 5.56. The van der Waals surface area contributed by atoms with Crippen molar-refractivity contribution in [2.24, 2.45) is 0 Å². The van der Waals surface area contributed by atoms with Crippen LogP contribution in [0.4, 0.5) is 5.69 Å². The summed E-state index contributed by atoms with van der Waals surface area (Å²) in [6.07, 6.45) is 0. The minimum absolute atomic E-state index is 0.494. The number of hydrogen-bond acceptors (Lipinski definition) is 5. The number of aromatic nitrogens is 4. The van der Waals surface area contributed by atoms with Crippen LogP contribution in [-0.2, 0) is 13.2 Å². The molecule has 0 aliphatic carbocycles. The number of ether oxygens (including phenoxy) is 1. The zero-order valence-corrected chi connectivity index (χ0v) is 22.4. The molecule has 194 valence electrons. The Morgan fingerprint density at radius 2 is 1.76 bits per heavy atom. The smallest absolute Gasteiger partial charge is 0.159 e. The summed E-state index contributed by atoms with van der Waals surface area (Å²) in [5.41, 5.74) is 7.14. The molecule has 3 aromatic carbocycles. The Hall–Kier alpha value is -3.81. The fourth-order valence-corrected chi connectivity index (χ4v) is 5.07. The molecule has 1 aliphatic heterocycles. The van der Waals surface area contributed by atoms with Gasteiger partial charge in [-0.1, -0.05) is 41.9 Å². The fraction of sp³-hybridized carbons (Fsp3) is 0.267. The Morgan fingerprint density at radius 3 is 2.58 bits per heavy atom. The number of hydrogen-bond donors (Lipinski definition) is 1. The summed E-state index contributed by atoms with van der Waals surface area (Å²) >= 11 is 6.36. The second kappa shape index (κ2) is 10.5. The predicted molar refractivity (Wildman–Crippen MR) is 153 cm³/mol. The number of anilines is 1. The molecule has 0 bridgehead atoms. The molecule has 0 radical (unpaired) electrons. The zero-order chi connectivity index (χ0) is 26.1. The van der Waals surface area contributed by atoms with Gasteiger partial charge in [-0.2, -0.15) is 5.10 Å². The van der Waals surface area contributed by atoms with Crippen LogP contribution in [0.5, 0.6) is 5.75 Å². The van der Waals surface area contributed by atoms with Crippen molar-refractivity contribution in [3.05, 3.63) is 94.6 Å². The standard InChI is InChI=1S/C30H31ClN6O/c1-21-16-28(30-32-26-10-9-25(18-27(26)33-30)36-14-12-35(2)13-15-36)34-37(21)19-23-17-24(31)8-11-29(23)38-20-22-6-4-3-5-7-22/h3-11,16-18H,12-15,19-20H2,1-2H3,(H,32,33). The number of piperazine rings is 1. The maximum atomic E-state index is 6.36. The average molecular weight is 527 g/mol. The number of likely N-dealkylation sites (N-methyl/N-ethyl adjacent to an activating group) is 1. The van der Waals surface area contributed by atoms with Crippen LogP contribution in [-0.4, -0.2) is 57.9 Å². The van der Waals surface area contributed by atoms with Gasteiger partial charge in [0.15, 0.2) is 5.82 Å². The number of nitrogens with one attached hydrogen (secondary N) is 1. The normalized spacial score (nSPS) is 14.3. The third kappa shape index (κ3) is 5.26. The van der Waals surface area contributed by atoms with E-state index in [1.807, 2.05) is 41.1 Å². The van der Waals surface area contributed by atoms with Crippen molar-refractivity contribution in [2.45, 2.75) is 20.1 Å². The van der Waals surface area contributed by atoms with Crippen LogP contribution in [0.15, 0.2) is 72.8 Å². The predicted octanol–water partition coefficient (Wildman–Crippen LogP) is 5.77. The van der Waals surface area contributed by atoms with E-state index >= 15 is 0 Å². The minimum Gasteiger partial charge on any atom is -0.489 e. The first kappa shape index (κ1) is 24.5. The molecule has 3 heterocycles. The van der Waals surface area contributed by atoms with Gasteiger partial charge in [0.1, 0.15) is 18.1 Å². The van der Waals surface area contributed by atoms with Gasteiger partial charge in [-0.05, 0) is 62.0 Å². The van der Waals surface area contributed by atoms with E-state index in [0.717, 1.165) is 71.3 Å². The molecule has 7 nitrogen and oxygen atoms in total. The van der Waals surface area contributed by atoms with E-state index in [4.69, 9.17) is 26.4 Å². The Labute approximate surface area is 227 Å². The number of halogens is 1. The maximum absolute atomic E-state index is 6.36. The van der Waals surface area contributed by atoms with Crippen molar-refractivity contribution in [2.75, 3.05) is 38.1 Å². The molecule has 1 fully saturated rings. The van der Waals surface area contributed by atoms with Gasteiger partial charge in [-0.3, -0.25) is 4.68 Å². The molecule has 1 aliphatic rings. The molecule has 38 heavy (non-hydrogen) atoms. The lowest BCUT2D eigenvalue weighted by atomic mass is 10.2. The number of H-pyrrole nitrogens is 1. The fourth-order valence-electron chi connectivity index (χ4n) is 4.88. The highest BCUT2D eigenvalue weighted by Crippen LogP contribution is 2.28. The molecule has 2 aromatic heterocycles. The van der Waals surface area contributed by atoms with Crippen molar-refractivity contribution >= 4 is 28.3 Å². The number of imidazole rings is 1. The Kier molecular flexibility index (Phi) is 6.79. The van der Waals surface area contributed by atoms with E-state index in [2.05, 4.69) is 65.2 Å².